The SMILES string of the molecule is CCCN(CCC)[C@H]1Cc2c(cccc2OC)CC1(C)C. The predicted molar refractivity (Wildman–Crippen MR) is 90.1 cm³/mol. The van der Waals surface area contributed by atoms with Crippen LogP contribution in [0.3, 0.4) is 0 Å². The van der Waals surface area contributed by atoms with Crippen LogP contribution in [0, 0.1) is 5.41 Å². The van der Waals surface area contributed by atoms with E-state index in [2.05, 4.69) is 50.8 Å². The molecular weight excluding hydrogens is 258 g/mol. The summed E-state index contributed by atoms with van der Waals surface area (Å²) in [6, 6.07) is 7.13. The van der Waals surface area contributed by atoms with Crippen molar-refractivity contribution in [3.05, 3.63) is 29.3 Å². The number of hydrogen-bond acceptors (Lipinski definition) is 2. The Balaban J connectivity index is 2.34. The van der Waals surface area contributed by atoms with E-state index in [0.717, 1.165) is 18.6 Å². The van der Waals surface area contributed by atoms with E-state index >= 15 is 0 Å². The highest BCUT2D eigenvalue weighted by Gasteiger charge is 2.39. The van der Waals surface area contributed by atoms with Gasteiger partial charge >= 0.3 is 0 Å². The van der Waals surface area contributed by atoms with Gasteiger partial charge in [-0.3, -0.25) is 4.90 Å². The van der Waals surface area contributed by atoms with Crippen molar-refractivity contribution >= 4 is 0 Å². The fourth-order valence-electron chi connectivity index (χ4n) is 3.90. The van der Waals surface area contributed by atoms with Crippen molar-refractivity contribution in [2.75, 3.05) is 20.2 Å². The second kappa shape index (κ2) is 6.83. The van der Waals surface area contributed by atoms with Crippen LogP contribution in [0.2, 0.25) is 0 Å². The molecule has 0 N–H and O–H groups in total. The van der Waals surface area contributed by atoms with Crippen molar-refractivity contribution in [2.24, 2.45) is 5.41 Å². The number of benzene rings is 1. The molecule has 2 rings (SSSR count). The van der Waals surface area contributed by atoms with Gasteiger partial charge in [-0.15, -0.1) is 0 Å². The van der Waals surface area contributed by atoms with Crippen LogP contribution in [0.4, 0.5) is 0 Å². The maximum Gasteiger partial charge on any atom is 0.122 e. The molecular formula is C19H31NO. The summed E-state index contributed by atoms with van der Waals surface area (Å²) in [5.41, 5.74) is 3.23. The molecule has 118 valence electrons. The van der Waals surface area contributed by atoms with E-state index in [0.29, 0.717) is 11.5 Å². The summed E-state index contributed by atoms with van der Waals surface area (Å²) in [6.45, 7) is 11.8. The molecule has 2 heteroatoms. The summed E-state index contributed by atoms with van der Waals surface area (Å²) < 4.78 is 5.61. The van der Waals surface area contributed by atoms with Crippen molar-refractivity contribution in [1.29, 1.82) is 0 Å². The van der Waals surface area contributed by atoms with Gasteiger partial charge in [0.2, 0.25) is 0 Å². The smallest absolute Gasteiger partial charge is 0.122 e. The minimum absolute atomic E-state index is 0.323. The molecule has 1 aromatic rings. The normalized spacial score (nSPS) is 20.4. The third-order valence-electron chi connectivity index (χ3n) is 4.86. The van der Waals surface area contributed by atoms with E-state index in [4.69, 9.17) is 4.74 Å². The number of nitrogens with zero attached hydrogens (tertiary/aromatic N) is 1. The molecule has 0 heterocycles. The number of ether oxygens (including phenoxy) is 1. The van der Waals surface area contributed by atoms with Crippen molar-refractivity contribution in [1.82, 2.24) is 4.90 Å². The highest BCUT2D eigenvalue weighted by atomic mass is 16.5. The van der Waals surface area contributed by atoms with Gasteiger partial charge in [0.25, 0.3) is 0 Å². The first-order chi connectivity index (χ1) is 10.0. The van der Waals surface area contributed by atoms with Crippen LogP contribution in [0.15, 0.2) is 18.2 Å². The van der Waals surface area contributed by atoms with E-state index in [1.165, 1.54) is 37.1 Å². The molecule has 0 saturated heterocycles. The van der Waals surface area contributed by atoms with Crippen LogP contribution in [0.1, 0.15) is 51.7 Å². The highest BCUT2D eigenvalue weighted by Crippen LogP contribution is 2.41. The molecule has 2 nitrogen and oxygen atoms in total. The lowest BCUT2D eigenvalue weighted by Gasteiger charge is -2.46. The Morgan fingerprint density at radius 3 is 2.43 bits per heavy atom. The number of rotatable bonds is 6. The second-order valence-corrected chi connectivity index (χ2v) is 7.02. The maximum absolute atomic E-state index is 5.61. The minimum atomic E-state index is 0.323. The molecule has 21 heavy (non-hydrogen) atoms. The number of fused-ring (bicyclic) bond motifs is 1. The second-order valence-electron chi connectivity index (χ2n) is 7.02. The Bertz CT molecular complexity index is 461. The Morgan fingerprint density at radius 2 is 1.86 bits per heavy atom. The Morgan fingerprint density at radius 1 is 1.19 bits per heavy atom. The zero-order chi connectivity index (χ0) is 15.5. The van der Waals surface area contributed by atoms with Gasteiger partial charge in [0.05, 0.1) is 7.11 Å². The number of methoxy groups -OCH3 is 1. The summed E-state index contributed by atoms with van der Waals surface area (Å²) in [7, 11) is 1.79. The first-order valence-corrected chi connectivity index (χ1v) is 8.42. The predicted octanol–water partition coefficient (Wildman–Crippen LogP) is 4.31. The monoisotopic (exact) mass is 289 g/mol. The van der Waals surface area contributed by atoms with Crippen LogP contribution >= 0.6 is 0 Å². The lowest BCUT2D eigenvalue weighted by molar-refractivity contribution is 0.0770. The fourth-order valence-corrected chi connectivity index (χ4v) is 3.90. The standard InChI is InChI=1S/C19H31NO/c1-6-11-20(12-7-2)18-13-16-15(14-19(18,3)4)9-8-10-17(16)21-5/h8-10,18H,6-7,11-14H2,1-5H3/t18-/m0/s1. The van der Waals surface area contributed by atoms with Crippen molar-refractivity contribution in [3.63, 3.8) is 0 Å². The van der Waals surface area contributed by atoms with E-state index < -0.39 is 0 Å². The molecule has 1 aromatic carbocycles. The molecule has 0 amide bonds. The Labute approximate surface area is 130 Å². The molecule has 0 aromatic heterocycles. The summed E-state index contributed by atoms with van der Waals surface area (Å²) in [5, 5.41) is 0. The highest BCUT2D eigenvalue weighted by molar-refractivity contribution is 5.43. The van der Waals surface area contributed by atoms with Gasteiger partial charge in [-0.1, -0.05) is 39.8 Å². The van der Waals surface area contributed by atoms with Crippen molar-refractivity contribution < 1.29 is 4.74 Å². The molecule has 1 atom stereocenters. The van der Waals surface area contributed by atoms with E-state index in [9.17, 15) is 0 Å². The lowest BCUT2D eigenvalue weighted by atomic mass is 9.69. The van der Waals surface area contributed by atoms with E-state index in [-0.39, 0.29) is 0 Å². The fraction of sp³-hybridized carbons (Fsp3) is 0.684. The first kappa shape index (κ1) is 16.4. The van der Waals surface area contributed by atoms with Crippen molar-refractivity contribution in [3.8, 4) is 5.75 Å². The average Bonchev–Trinajstić information content (AvgIpc) is 2.44. The number of hydrogen-bond donors (Lipinski definition) is 0. The quantitative estimate of drug-likeness (QED) is 0.773. The Hall–Kier alpha value is -1.02. The maximum atomic E-state index is 5.61. The molecule has 0 unspecified atom stereocenters. The van der Waals surface area contributed by atoms with Gasteiger partial charge in [0.15, 0.2) is 0 Å². The van der Waals surface area contributed by atoms with Gasteiger partial charge < -0.3 is 4.74 Å². The van der Waals surface area contributed by atoms with Gasteiger partial charge in [-0.2, -0.15) is 0 Å². The average molecular weight is 289 g/mol. The van der Waals surface area contributed by atoms with Crippen LogP contribution in [0.25, 0.3) is 0 Å². The minimum Gasteiger partial charge on any atom is -0.496 e. The van der Waals surface area contributed by atoms with Crippen LogP contribution in [-0.2, 0) is 12.8 Å². The summed E-state index contributed by atoms with van der Waals surface area (Å²) in [6.07, 6.45) is 4.72. The summed E-state index contributed by atoms with van der Waals surface area (Å²) in [5.74, 6) is 1.07. The molecule has 1 aliphatic rings. The topological polar surface area (TPSA) is 12.5 Å². The third kappa shape index (κ3) is 3.42. The lowest BCUT2D eigenvalue weighted by Crippen LogP contribution is -2.50. The van der Waals surface area contributed by atoms with Crippen LogP contribution in [0.5, 0.6) is 5.75 Å². The van der Waals surface area contributed by atoms with E-state index in [1.807, 2.05) is 0 Å². The summed E-state index contributed by atoms with van der Waals surface area (Å²) >= 11 is 0. The molecule has 0 fully saturated rings. The van der Waals surface area contributed by atoms with Gasteiger partial charge in [0.1, 0.15) is 5.75 Å². The van der Waals surface area contributed by atoms with Crippen LogP contribution < -0.4 is 4.74 Å². The van der Waals surface area contributed by atoms with E-state index in [1.54, 1.807) is 7.11 Å². The molecule has 0 aliphatic heterocycles. The summed E-state index contributed by atoms with van der Waals surface area (Å²) in [4.78, 5) is 2.70. The zero-order valence-corrected chi connectivity index (χ0v) is 14.4. The van der Waals surface area contributed by atoms with Crippen LogP contribution in [-0.4, -0.2) is 31.1 Å². The largest absolute Gasteiger partial charge is 0.496 e. The zero-order valence-electron chi connectivity index (χ0n) is 14.4. The Kier molecular flexibility index (Phi) is 5.32. The molecule has 0 saturated carbocycles. The molecule has 0 radical (unpaired) electrons. The molecule has 1 aliphatic carbocycles. The molecule has 0 spiro atoms. The van der Waals surface area contributed by atoms with Crippen molar-refractivity contribution in [2.45, 2.75) is 59.4 Å². The van der Waals surface area contributed by atoms with Gasteiger partial charge in [-0.25, -0.2) is 0 Å². The molecule has 0 bridgehead atoms. The third-order valence-corrected chi connectivity index (χ3v) is 4.86. The van der Waals surface area contributed by atoms with Gasteiger partial charge in [0, 0.05) is 6.04 Å². The first-order valence-electron chi connectivity index (χ1n) is 8.42. The van der Waals surface area contributed by atoms with Gasteiger partial charge in [-0.05, 0) is 61.4 Å².